The van der Waals surface area contributed by atoms with Crippen LogP contribution >= 0.6 is 11.8 Å². The van der Waals surface area contributed by atoms with Gasteiger partial charge in [0.05, 0.1) is 12.0 Å². The number of rotatable bonds is 23. The number of nitrogen functional groups attached to an aromatic ring is 1. The van der Waals surface area contributed by atoms with Gasteiger partial charge in [0, 0.05) is 75.6 Å². The van der Waals surface area contributed by atoms with E-state index in [4.69, 9.17) is 11.6 Å². The number of hydrogen-bond acceptors (Lipinski definition) is 16. The van der Waals surface area contributed by atoms with Crippen LogP contribution < -0.4 is 64.9 Å². The Balaban J connectivity index is 0.0000138. The first-order valence-electron chi connectivity index (χ1n) is 27.7. The second kappa shape index (κ2) is 34.3. The number of carboxylic acid groups (broad SMARTS) is 1. The summed E-state index contributed by atoms with van der Waals surface area (Å²) >= 11 is 1.31. The topological polar surface area (TPSA) is 429 Å². The summed E-state index contributed by atoms with van der Waals surface area (Å²) in [5.41, 5.74) is 10.4. The molecule has 465 valence electrons. The van der Waals surface area contributed by atoms with E-state index in [0.717, 1.165) is 0 Å². The normalized spacial score (nSPS) is 18.3. The van der Waals surface area contributed by atoms with Crippen LogP contribution in [0.15, 0.2) is 103 Å². The molecule has 1 saturated heterocycles. The van der Waals surface area contributed by atoms with E-state index in [1.807, 2.05) is 0 Å². The molecule has 5 aromatic rings. The van der Waals surface area contributed by atoms with Gasteiger partial charge in [0.1, 0.15) is 59.9 Å². The third kappa shape index (κ3) is 21.5. The van der Waals surface area contributed by atoms with Gasteiger partial charge in [-0.3, -0.25) is 52.7 Å². The molecule has 1 aliphatic heterocycles. The number of anilines is 1. The Bertz CT molecular complexity index is 3210. The molecule has 8 atom stereocenters. The minimum atomic E-state index is -1.75. The number of carbonyl (C=O) groups is 11. The molecular weight excluding hydrogens is 1230 g/mol. The number of phenolic OH excluding ortho intramolecular Hbond substituents is 1. The van der Waals surface area contributed by atoms with Crippen molar-refractivity contribution in [2.75, 3.05) is 24.0 Å². The number of benzene rings is 3. The number of phenols is 1. The van der Waals surface area contributed by atoms with E-state index in [9.17, 15) is 63.0 Å². The number of aromatic amines is 1. The Morgan fingerprint density at radius 1 is 0.736 bits per heavy atom. The quantitative estimate of drug-likeness (QED) is 0.0292. The Labute approximate surface area is 518 Å². The van der Waals surface area contributed by atoms with Crippen molar-refractivity contribution >= 4 is 93.5 Å². The maximum absolute atomic E-state index is 14.9. The number of aromatic hydroxyl groups is 1. The number of para-hydroxylation sites is 1. The standard InChI is InChI=1S/C58H72N14O13S.Tc/c1-32-51(78)69-44(27-34-15-18-37(73)19-16-34)56(83)66-40(14-8-9-24-61-53(80)41(20-22-48(74)64-32)65-52(79)35-17-21-47(72-60)63-30-35)54(81)70-45(28-36-31-62-39-13-7-6-12-38(36)39)57(84)67-42(23-25-86-2)55(82)71-46(29-49(75)76)58(85)68-43(50(59)77)26-33-10-4-3-5-11-33;/h3-7,10-13,15-19,21,30-32,40-46,62,73H,8-9,14,20,22-29,60H2,1-2H3,(H2,59,77)(H,61,80)(H,63,72)(H,64,74)(H,65,79)(H,66,83)(H,67,84)(H,68,85)(H,69,78)(H,70,81)(H,71,82)(H,75,76);/t32-,40+,41+,42+,43-,44-,45-,46-;/m0./s1/i;1+1. The van der Waals surface area contributed by atoms with E-state index in [2.05, 4.69) is 63.2 Å². The van der Waals surface area contributed by atoms with Crippen molar-refractivity contribution in [3.05, 3.63) is 126 Å². The Morgan fingerprint density at radius 2 is 1.41 bits per heavy atom. The van der Waals surface area contributed by atoms with Gasteiger partial charge in [-0.15, -0.1) is 0 Å². The molecule has 3 heterocycles. The number of aromatic nitrogens is 2. The molecule has 6 rings (SSSR count). The van der Waals surface area contributed by atoms with Crippen molar-refractivity contribution in [2.45, 2.75) is 119 Å². The van der Waals surface area contributed by atoms with E-state index < -0.39 is 120 Å². The molecule has 0 saturated carbocycles. The fraction of sp³-hybridized carbons (Fsp3) is 0.379. The zero-order valence-corrected chi connectivity index (χ0v) is 50.4. The van der Waals surface area contributed by atoms with Gasteiger partial charge in [0.15, 0.2) is 0 Å². The molecule has 87 heavy (non-hydrogen) atoms. The fourth-order valence-corrected chi connectivity index (χ4v) is 9.75. The molecule has 29 heteroatoms. The van der Waals surface area contributed by atoms with Crippen LogP contribution in [0.5, 0.6) is 5.75 Å². The van der Waals surface area contributed by atoms with Crippen LogP contribution in [0, 0.1) is 0 Å². The Morgan fingerprint density at radius 3 is 2.09 bits per heavy atom. The predicted octanol–water partition coefficient (Wildman–Crippen LogP) is -0.415. The zero-order valence-electron chi connectivity index (χ0n) is 47.7. The number of H-pyrrole nitrogens is 1. The van der Waals surface area contributed by atoms with Crippen molar-refractivity contribution in [1.29, 1.82) is 0 Å². The van der Waals surface area contributed by atoms with E-state index in [1.165, 1.54) is 61.3 Å². The number of carboxylic acids is 1. The summed E-state index contributed by atoms with van der Waals surface area (Å²) in [5, 5.41) is 44.2. The second-order valence-electron chi connectivity index (χ2n) is 20.5. The fourth-order valence-electron chi connectivity index (χ4n) is 9.28. The number of hydrogen-bond donors (Lipinski definition) is 15. The number of pyridine rings is 1. The van der Waals surface area contributed by atoms with Gasteiger partial charge in [-0.05, 0) is 98.1 Å². The first kappa shape index (κ1) is 68.9. The smallest absolute Gasteiger partial charge is 0.305 e. The van der Waals surface area contributed by atoms with Crippen molar-refractivity contribution in [3.8, 4) is 5.75 Å². The Kier molecular flexibility index (Phi) is 27.1. The molecule has 0 aliphatic carbocycles. The maximum atomic E-state index is 14.9. The summed E-state index contributed by atoms with van der Waals surface area (Å²) < 4.78 is 0. The van der Waals surface area contributed by atoms with Crippen molar-refractivity contribution in [3.63, 3.8) is 0 Å². The number of carbonyl (C=O) groups excluding carboxylic acids is 10. The third-order valence-electron chi connectivity index (χ3n) is 14.0. The third-order valence-corrected chi connectivity index (χ3v) is 14.7. The summed E-state index contributed by atoms with van der Waals surface area (Å²) in [5.74, 6) is -3.98. The van der Waals surface area contributed by atoms with E-state index in [1.54, 1.807) is 67.0 Å². The summed E-state index contributed by atoms with van der Waals surface area (Å²) in [6, 6.07) is 13.0. The van der Waals surface area contributed by atoms with Crippen molar-refractivity contribution in [2.24, 2.45) is 11.6 Å². The first-order chi connectivity index (χ1) is 41.2. The van der Waals surface area contributed by atoms with E-state index >= 15 is 0 Å². The molecule has 1 radical (unpaired) electrons. The maximum Gasteiger partial charge on any atom is 0.305 e. The number of hydrazine groups is 1. The molecule has 1 aliphatic rings. The van der Waals surface area contributed by atoms with Crippen LogP contribution in [0.2, 0.25) is 0 Å². The molecule has 2 aromatic heterocycles. The summed E-state index contributed by atoms with van der Waals surface area (Å²) in [6.07, 6.45) is 2.94. The van der Waals surface area contributed by atoms with Gasteiger partial charge >= 0.3 is 5.97 Å². The number of nitrogens with zero attached hydrogens (tertiary/aromatic N) is 1. The van der Waals surface area contributed by atoms with Gasteiger partial charge in [-0.1, -0.05) is 60.7 Å². The summed E-state index contributed by atoms with van der Waals surface area (Å²) in [7, 11) is 0. The SMILES string of the molecule is CSCC[C@@H](NC(=O)[C@H](Cc1c[nH]c2ccccc12)NC(=O)[C@H]1CCCCNC(=O)[C@H](NC(=O)c2ccc(NN)nc2)CCC(=O)N[C@@H](C)C(=O)N[C@@H](Cc2ccc(O)cc2)C(=O)N1)C(=O)N[C@@H](CC(=O)O)C(=O)N[C@@H](Cc1ccccc1)C(N)=O.[99Tc]. The predicted molar refractivity (Wildman–Crippen MR) is 317 cm³/mol. The minimum absolute atomic E-state index is 0. The number of aliphatic carboxylic acids is 1. The molecule has 0 spiro atoms. The molecule has 0 unspecified atom stereocenters. The number of nitrogens with two attached hydrogens (primary N) is 2. The number of fused-ring (bicyclic) bond motifs is 1. The number of nitrogens with one attached hydrogen (secondary N) is 11. The average molecular weight is 1300 g/mol. The summed E-state index contributed by atoms with van der Waals surface area (Å²) in [4.78, 5) is 158. The van der Waals surface area contributed by atoms with Crippen LogP contribution in [-0.4, -0.2) is 152 Å². The van der Waals surface area contributed by atoms with Gasteiger partial charge < -0.3 is 74.2 Å². The molecule has 1 fully saturated rings. The van der Waals surface area contributed by atoms with Gasteiger partial charge in [-0.2, -0.15) is 11.8 Å². The number of thioether (sulfide) groups is 1. The van der Waals surface area contributed by atoms with Crippen LogP contribution in [0.3, 0.4) is 0 Å². The minimum Gasteiger partial charge on any atom is -0.508 e. The first-order valence-corrected chi connectivity index (χ1v) is 29.1. The molecule has 27 nitrogen and oxygen atoms in total. The van der Waals surface area contributed by atoms with Crippen LogP contribution in [0.1, 0.15) is 78.9 Å². The van der Waals surface area contributed by atoms with Crippen LogP contribution in [0.25, 0.3) is 10.9 Å². The molecule has 17 N–H and O–H groups in total. The summed E-state index contributed by atoms with van der Waals surface area (Å²) in [6.45, 7) is 1.36. The molecule has 0 bridgehead atoms. The Hall–Kier alpha value is -8.92. The van der Waals surface area contributed by atoms with E-state index in [-0.39, 0.29) is 107 Å². The largest absolute Gasteiger partial charge is 0.508 e. The molecule has 10 amide bonds. The molecular formula is C58H72N14O13STc. The van der Waals surface area contributed by atoms with Crippen LogP contribution in [-0.2, 0) is 87.3 Å². The van der Waals surface area contributed by atoms with Gasteiger partial charge in [0.25, 0.3) is 5.91 Å². The van der Waals surface area contributed by atoms with Crippen molar-refractivity contribution < 1.29 is 83.1 Å². The number of amides is 10. The van der Waals surface area contributed by atoms with E-state index in [0.29, 0.717) is 27.6 Å². The van der Waals surface area contributed by atoms with Gasteiger partial charge in [0.2, 0.25) is 53.2 Å². The van der Waals surface area contributed by atoms with Crippen LogP contribution in [0.4, 0.5) is 5.82 Å². The zero-order chi connectivity index (χ0) is 62.3. The van der Waals surface area contributed by atoms with Gasteiger partial charge in [-0.25, -0.2) is 10.8 Å². The second-order valence-corrected chi connectivity index (χ2v) is 21.5. The monoisotopic (exact) mass is 1300 g/mol. The number of primary amides is 1. The molecule has 3 aromatic carbocycles. The average Bonchev–Trinajstić information content (AvgIpc) is 2.78. The van der Waals surface area contributed by atoms with Crippen molar-refractivity contribution in [1.82, 2.24) is 57.8 Å².